The SMILES string of the molecule is CCC(C)Nc1ncc(-c2csc(N=C(N)N)n2)[nH]1. The van der Waals surface area contributed by atoms with Gasteiger partial charge in [-0.3, -0.25) is 0 Å². The maximum absolute atomic E-state index is 5.31. The minimum atomic E-state index is 0.00429. The van der Waals surface area contributed by atoms with Crippen LogP contribution in [0.25, 0.3) is 11.4 Å². The van der Waals surface area contributed by atoms with Gasteiger partial charge in [0.2, 0.25) is 11.1 Å². The zero-order chi connectivity index (χ0) is 13.8. The van der Waals surface area contributed by atoms with Crippen LogP contribution in [0.1, 0.15) is 20.3 Å². The molecule has 2 heterocycles. The van der Waals surface area contributed by atoms with Crippen LogP contribution < -0.4 is 16.8 Å². The van der Waals surface area contributed by atoms with E-state index in [4.69, 9.17) is 11.5 Å². The van der Waals surface area contributed by atoms with Gasteiger partial charge in [0.25, 0.3) is 0 Å². The minimum absolute atomic E-state index is 0.00429. The molecule has 0 amide bonds. The van der Waals surface area contributed by atoms with Crippen LogP contribution in [0, 0.1) is 0 Å². The summed E-state index contributed by atoms with van der Waals surface area (Å²) in [6, 6.07) is 0.367. The van der Waals surface area contributed by atoms with E-state index in [0.29, 0.717) is 11.2 Å². The molecule has 0 bridgehead atoms. The van der Waals surface area contributed by atoms with Crippen LogP contribution in [0.4, 0.5) is 11.1 Å². The van der Waals surface area contributed by atoms with Gasteiger partial charge in [-0.05, 0) is 13.3 Å². The first-order valence-corrected chi connectivity index (χ1v) is 6.83. The third-order valence-electron chi connectivity index (χ3n) is 2.56. The molecule has 0 aliphatic carbocycles. The molecule has 0 fully saturated rings. The number of H-pyrrole nitrogens is 1. The fourth-order valence-corrected chi connectivity index (χ4v) is 2.12. The smallest absolute Gasteiger partial charge is 0.212 e. The highest BCUT2D eigenvalue weighted by molar-refractivity contribution is 7.13. The van der Waals surface area contributed by atoms with Crippen molar-refractivity contribution in [2.75, 3.05) is 5.32 Å². The molecule has 1 unspecified atom stereocenters. The predicted octanol–water partition coefficient (Wildman–Crippen LogP) is 1.65. The topological polar surface area (TPSA) is 118 Å². The summed E-state index contributed by atoms with van der Waals surface area (Å²) in [5.41, 5.74) is 12.2. The largest absolute Gasteiger partial charge is 0.370 e. The number of rotatable bonds is 5. The first-order valence-electron chi connectivity index (χ1n) is 5.95. The molecular weight excluding hydrogens is 262 g/mol. The van der Waals surface area contributed by atoms with E-state index in [0.717, 1.165) is 23.8 Å². The normalized spacial score (nSPS) is 12.1. The first-order chi connectivity index (χ1) is 9.08. The highest BCUT2D eigenvalue weighted by atomic mass is 32.1. The molecule has 0 saturated carbocycles. The molecule has 2 rings (SSSR count). The Morgan fingerprint density at radius 2 is 2.37 bits per heavy atom. The lowest BCUT2D eigenvalue weighted by atomic mass is 10.3. The quantitative estimate of drug-likeness (QED) is 0.490. The maximum Gasteiger partial charge on any atom is 0.212 e. The lowest BCUT2D eigenvalue weighted by Crippen LogP contribution is -2.21. The summed E-state index contributed by atoms with van der Waals surface area (Å²) in [6.07, 6.45) is 2.76. The van der Waals surface area contributed by atoms with Gasteiger partial charge in [0, 0.05) is 11.4 Å². The first kappa shape index (κ1) is 13.3. The van der Waals surface area contributed by atoms with Gasteiger partial charge in [-0.15, -0.1) is 11.3 Å². The lowest BCUT2D eigenvalue weighted by molar-refractivity contribution is 0.755. The van der Waals surface area contributed by atoms with Crippen molar-refractivity contribution in [3.63, 3.8) is 0 Å². The van der Waals surface area contributed by atoms with Crippen molar-refractivity contribution in [2.24, 2.45) is 16.5 Å². The Hall–Kier alpha value is -2.09. The average molecular weight is 279 g/mol. The Morgan fingerprint density at radius 3 is 3.05 bits per heavy atom. The molecule has 2 aromatic heterocycles. The molecule has 0 saturated heterocycles. The van der Waals surface area contributed by atoms with E-state index < -0.39 is 0 Å². The van der Waals surface area contributed by atoms with Gasteiger partial charge >= 0.3 is 0 Å². The van der Waals surface area contributed by atoms with E-state index >= 15 is 0 Å². The number of nitrogens with zero attached hydrogens (tertiary/aromatic N) is 3. The molecule has 0 spiro atoms. The van der Waals surface area contributed by atoms with Crippen molar-refractivity contribution in [3.8, 4) is 11.4 Å². The summed E-state index contributed by atoms with van der Waals surface area (Å²) >= 11 is 1.37. The third kappa shape index (κ3) is 3.44. The molecule has 7 nitrogen and oxygen atoms in total. The zero-order valence-corrected chi connectivity index (χ0v) is 11.7. The average Bonchev–Trinajstić information content (AvgIpc) is 2.97. The van der Waals surface area contributed by atoms with E-state index in [1.54, 1.807) is 6.20 Å². The van der Waals surface area contributed by atoms with Gasteiger partial charge in [0.05, 0.1) is 11.9 Å². The number of anilines is 1. The third-order valence-corrected chi connectivity index (χ3v) is 3.30. The van der Waals surface area contributed by atoms with Crippen LogP contribution in [0.3, 0.4) is 0 Å². The van der Waals surface area contributed by atoms with Crippen molar-refractivity contribution in [2.45, 2.75) is 26.3 Å². The Labute approximate surface area is 115 Å². The van der Waals surface area contributed by atoms with Crippen LogP contribution in [0.5, 0.6) is 0 Å². The van der Waals surface area contributed by atoms with E-state index in [9.17, 15) is 0 Å². The van der Waals surface area contributed by atoms with Crippen LogP contribution >= 0.6 is 11.3 Å². The summed E-state index contributed by atoms with van der Waals surface area (Å²) < 4.78 is 0. The highest BCUT2D eigenvalue weighted by Gasteiger charge is 2.08. The van der Waals surface area contributed by atoms with Crippen LogP contribution in [-0.2, 0) is 0 Å². The maximum atomic E-state index is 5.31. The monoisotopic (exact) mass is 279 g/mol. The number of nitrogens with one attached hydrogen (secondary N) is 2. The van der Waals surface area contributed by atoms with Crippen molar-refractivity contribution in [1.29, 1.82) is 0 Å². The molecule has 0 aliphatic heterocycles. The molecular formula is C11H17N7S. The van der Waals surface area contributed by atoms with Gasteiger partial charge in [0.15, 0.2) is 5.96 Å². The standard InChI is InChI=1S/C11H17N7S/c1-3-6(2)15-10-14-4-7(16-10)8-5-19-11(17-8)18-9(12)13/h4-6H,3H2,1-2H3,(H2,14,15,16)(H4,12,13,17,18). The number of nitrogens with two attached hydrogens (primary N) is 2. The van der Waals surface area contributed by atoms with E-state index in [-0.39, 0.29) is 5.96 Å². The van der Waals surface area contributed by atoms with E-state index in [1.165, 1.54) is 11.3 Å². The number of aromatic amines is 1. The number of guanidine groups is 1. The number of aromatic nitrogens is 3. The summed E-state index contributed by atoms with van der Waals surface area (Å²) in [5.74, 6) is 0.741. The minimum Gasteiger partial charge on any atom is -0.370 e. The summed E-state index contributed by atoms with van der Waals surface area (Å²) in [5, 5.41) is 5.67. The van der Waals surface area contributed by atoms with Crippen LogP contribution in [0.2, 0.25) is 0 Å². The fourth-order valence-electron chi connectivity index (χ4n) is 1.41. The summed E-state index contributed by atoms with van der Waals surface area (Å²) in [6.45, 7) is 4.21. The number of imidazole rings is 1. The highest BCUT2D eigenvalue weighted by Crippen LogP contribution is 2.26. The van der Waals surface area contributed by atoms with Crippen LogP contribution in [-0.4, -0.2) is 27.0 Å². The van der Waals surface area contributed by atoms with Gasteiger partial charge in [-0.1, -0.05) is 6.92 Å². The second kappa shape index (κ2) is 5.70. The number of hydrogen-bond donors (Lipinski definition) is 4. The fraction of sp³-hybridized carbons (Fsp3) is 0.364. The zero-order valence-electron chi connectivity index (χ0n) is 10.8. The molecule has 2 aromatic rings. The Morgan fingerprint density at radius 1 is 1.58 bits per heavy atom. The molecule has 0 aromatic carbocycles. The second-order valence-corrected chi connectivity index (χ2v) is 4.99. The van der Waals surface area contributed by atoms with Gasteiger partial charge in [0.1, 0.15) is 5.69 Å². The van der Waals surface area contributed by atoms with E-state index in [2.05, 4.69) is 39.1 Å². The number of thiazole rings is 1. The molecule has 8 heteroatoms. The lowest BCUT2D eigenvalue weighted by Gasteiger charge is -2.08. The van der Waals surface area contributed by atoms with Gasteiger partial charge < -0.3 is 21.8 Å². The number of aliphatic imine (C=N–C) groups is 1. The van der Waals surface area contributed by atoms with Crippen LogP contribution in [0.15, 0.2) is 16.6 Å². The summed E-state index contributed by atoms with van der Waals surface area (Å²) in [4.78, 5) is 15.6. The molecule has 102 valence electrons. The van der Waals surface area contributed by atoms with E-state index in [1.807, 2.05) is 5.38 Å². The van der Waals surface area contributed by atoms with Crippen molar-refractivity contribution >= 4 is 28.4 Å². The van der Waals surface area contributed by atoms with Crippen molar-refractivity contribution in [1.82, 2.24) is 15.0 Å². The molecule has 19 heavy (non-hydrogen) atoms. The van der Waals surface area contributed by atoms with Crippen molar-refractivity contribution in [3.05, 3.63) is 11.6 Å². The van der Waals surface area contributed by atoms with Gasteiger partial charge in [-0.2, -0.15) is 4.99 Å². The summed E-state index contributed by atoms with van der Waals surface area (Å²) in [7, 11) is 0. The molecule has 0 aliphatic rings. The Balaban J connectivity index is 2.14. The van der Waals surface area contributed by atoms with Gasteiger partial charge in [-0.25, -0.2) is 9.97 Å². The molecule has 0 radical (unpaired) electrons. The van der Waals surface area contributed by atoms with Crippen molar-refractivity contribution < 1.29 is 0 Å². The Kier molecular flexibility index (Phi) is 4.00. The predicted molar refractivity (Wildman–Crippen MR) is 78.5 cm³/mol. The molecule has 1 atom stereocenters. The Bertz CT molecular complexity index is 567. The number of hydrogen-bond acceptors (Lipinski definition) is 5. The second-order valence-electron chi connectivity index (χ2n) is 4.15. The molecule has 6 N–H and O–H groups in total.